The molecule has 0 aliphatic heterocycles. The van der Waals surface area contributed by atoms with Gasteiger partial charge in [-0.1, -0.05) is 6.58 Å². The lowest BCUT2D eigenvalue weighted by atomic mass is 10.3. The van der Waals surface area contributed by atoms with Gasteiger partial charge in [0.1, 0.15) is 13.2 Å². The van der Waals surface area contributed by atoms with Gasteiger partial charge in [-0.2, -0.15) is 0 Å². The summed E-state index contributed by atoms with van der Waals surface area (Å²) in [7, 11) is 0. The van der Waals surface area contributed by atoms with E-state index in [1.165, 1.54) is 6.92 Å². The zero-order valence-corrected chi connectivity index (χ0v) is 9.04. The van der Waals surface area contributed by atoms with Crippen LogP contribution in [0, 0.1) is 0 Å². The molecule has 0 spiro atoms. The molecule has 0 aliphatic carbocycles. The van der Waals surface area contributed by atoms with Gasteiger partial charge < -0.3 is 24.4 Å². The molecule has 0 aliphatic rings. The van der Waals surface area contributed by atoms with E-state index in [9.17, 15) is 14.4 Å². The fraction of sp³-hybridized carbons (Fsp3) is 0.444. The van der Waals surface area contributed by atoms with Crippen LogP contribution in [0.25, 0.3) is 0 Å². The molecule has 8 nitrogen and oxygen atoms in total. The number of esters is 1. The van der Waals surface area contributed by atoms with E-state index >= 15 is 0 Å². The fourth-order valence-corrected chi connectivity index (χ4v) is 0.715. The molecule has 0 saturated carbocycles. The molecule has 96 valence electrons. The van der Waals surface area contributed by atoms with Crippen molar-refractivity contribution in [2.45, 2.75) is 13.0 Å². The van der Waals surface area contributed by atoms with Gasteiger partial charge in [0.25, 0.3) is 0 Å². The highest BCUT2D eigenvalue weighted by atomic mass is 16.7. The summed E-state index contributed by atoms with van der Waals surface area (Å²) >= 11 is 0. The third-order valence-electron chi connectivity index (χ3n) is 1.41. The molecule has 0 saturated heterocycles. The zero-order valence-electron chi connectivity index (χ0n) is 9.04. The lowest BCUT2D eigenvalue weighted by molar-refractivity contribution is -0.143. The number of ether oxygens (including phenoxy) is 3. The third-order valence-corrected chi connectivity index (χ3v) is 1.41. The van der Waals surface area contributed by atoms with Crippen molar-refractivity contribution in [3.05, 3.63) is 12.2 Å². The van der Waals surface area contributed by atoms with E-state index in [4.69, 9.17) is 10.2 Å². The van der Waals surface area contributed by atoms with E-state index in [-0.39, 0.29) is 5.57 Å². The van der Waals surface area contributed by atoms with Crippen molar-refractivity contribution in [2.75, 3.05) is 13.2 Å². The Bertz CT molecular complexity index is 321. The Morgan fingerprint density at radius 3 is 2.06 bits per heavy atom. The molecular weight excluding hydrogens is 236 g/mol. The monoisotopic (exact) mass is 248 g/mol. The second-order valence-corrected chi connectivity index (χ2v) is 2.96. The zero-order chi connectivity index (χ0) is 13.4. The van der Waals surface area contributed by atoms with Crippen LogP contribution < -0.4 is 0 Å². The molecule has 1 unspecified atom stereocenters. The van der Waals surface area contributed by atoms with Crippen molar-refractivity contribution in [3.8, 4) is 0 Å². The standard InChI is InChI=1S/C9H12O8/c1-5(2)7(10)15-3-6(17-9(13)14)4-16-8(11)12/h6H,1,3-4H2,2H3,(H,11,12)(H,13,14). The molecule has 0 aromatic rings. The molecule has 2 N–H and O–H groups in total. The highest BCUT2D eigenvalue weighted by Crippen LogP contribution is 2.00. The molecule has 0 heterocycles. The molecule has 0 fully saturated rings. The van der Waals surface area contributed by atoms with Crippen LogP contribution in [0.1, 0.15) is 6.92 Å². The van der Waals surface area contributed by atoms with E-state index in [1.54, 1.807) is 0 Å². The molecule has 1 atom stereocenters. The quantitative estimate of drug-likeness (QED) is 0.403. The van der Waals surface area contributed by atoms with Gasteiger partial charge in [-0.15, -0.1) is 0 Å². The molecule has 0 bridgehead atoms. The fourth-order valence-electron chi connectivity index (χ4n) is 0.715. The summed E-state index contributed by atoms with van der Waals surface area (Å²) in [6.07, 6.45) is -4.43. The van der Waals surface area contributed by atoms with Crippen molar-refractivity contribution in [1.29, 1.82) is 0 Å². The molecule has 17 heavy (non-hydrogen) atoms. The number of hydrogen-bond donors (Lipinski definition) is 2. The minimum Gasteiger partial charge on any atom is -0.458 e. The van der Waals surface area contributed by atoms with Gasteiger partial charge in [-0.25, -0.2) is 14.4 Å². The van der Waals surface area contributed by atoms with Crippen molar-refractivity contribution in [1.82, 2.24) is 0 Å². The summed E-state index contributed by atoms with van der Waals surface area (Å²) in [5.74, 6) is -0.737. The Morgan fingerprint density at radius 1 is 1.12 bits per heavy atom. The second-order valence-electron chi connectivity index (χ2n) is 2.96. The average molecular weight is 248 g/mol. The Labute approximate surface area is 96.4 Å². The maximum atomic E-state index is 11.0. The van der Waals surface area contributed by atoms with Crippen molar-refractivity contribution in [2.24, 2.45) is 0 Å². The van der Waals surface area contributed by atoms with Gasteiger partial charge in [0.2, 0.25) is 0 Å². The van der Waals surface area contributed by atoms with Crippen LogP contribution in [0.4, 0.5) is 9.59 Å². The van der Waals surface area contributed by atoms with Crippen molar-refractivity contribution in [3.63, 3.8) is 0 Å². The van der Waals surface area contributed by atoms with Gasteiger partial charge in [-0.05, 0) is 6.92 Å². The summed E-state index contributed by atoms with van der Waals surface area (Å²) in [4.78, 5) is 31.3. The van der Waals surface area contributed by atoms with Crippen LogP contribution in [-0.2, 0) is 19.0 Å². The van der Waals surface area contributed by atoms with E-state index in [0.29, 0.717) is 0 Å². The van der Waals surface area contributed by atoms with Crippen molar-refractivity contribution < 1.29 is 38.8 Å². The lowest BCUT2D eigenvalue weighted by Gasteiger charge is -2.15. The van der Waals surface area contributed by atoms with Crippen LogP contribution >= 0.6 is 0 Å². The Kier molecular flexibility index (Phi) is 6.16. The topological polar surface area (TPSA) is 119 Å². The van der Waals surface area contributed by atoms with Crippen LogP contribution in [-0.4, -0.2) is 47.8 Å². The first kappa shape index (κ1) is 14.8. The minimum atomic E-state index is -1.63. The summed E-state index contributed by atoms with van der Waals surface area (Å²) < 4.78 is 13.0. The SMILES string of the molecule is C=C(C)C(=O)OCC(COC(=O)O)OC(=O)O. The summed E-state index contributed by atoms with van der Waals surface area (Å²) in [6, 6.07) is 0. The molecule has 0 aromatic heterocycles. The van der Waals surface area contributed by atoms with Crippen LogP contribution in [0.5, 0.6) is 0 Å². The number of carbonyl (C=O) groups is 3. The van der Waals surface area contributed by atoms with Gasteiger partial charge in [0.05, 0.1) is 0 Å². The number of carboxylic acid groups (broad SMARTS) is 2. The third kappa shape index (κ3) is 7.65. The molecular formula is C9H12O8. The second kappa shape index (κ2) is 7.09. The summed E-state index contributed by atoms with van der Waals surface area (Å²) in [5, 5.41) is 16.6. The highest BCUT2D eigenvalue weighted by molar-refractivity contribution is 5.86. The maximum Gasteiger partial charge on any atom is 0.506 e. The first-order valence-corrected chi connectivity index (χ1v) is 4.41. The van der Waals surface area contributed by atoms with Gasteiger partial charge in [0, 0.05) is 5.57 Å². The molecule has 0 radical (unpaired) electrons. The van der Waals surface area contributed by atoms with E-state index in [2.05, 4.69) is 20.8 Å². The van der Waals surface area contributed by atoms with Gasteiger partial charge >= 0.3 is 18.3 Å². The average Bonchev–Trinajstić information content (AvgIpc) is 2.20. The number of hydrogen-bond acceptors (Lipinski definition) is 6. The molecule has 0 aromatic carbocycles. The smallest absolute Gasteiger partial charge is 0.458 e. The Balaban J connectivity index is 4.18. The highest BCUT2D eigenvalue weighted by Gasteiger charge is 2.18. The normalized spacial score (nSPS) is 11.1. The molecule has 8 heteroatoms. The Morgan fingerprint density at radius 2 is 1.65 bits per heavy atom. The lowest BCUT2D eigenvalue weighted by Crippen LogP contribution is -2.30. The minimum absolute atomic E-state index is 0.123. The molecule has 0 rings (SSSR count). The van der Waals surface area contributed by atoms with E-state index in [0.717, 1.165) is 0 Å². The largest absolute Gasteiger partial charge is 0.506 e. The Hall–Kier alpha value is -2.25. The summed E-state index contributed by atoms with van der Waals surface area (Å²) in [6.45, 7) is 3.70. The predicted molar refractivity (Wildman–Crippen MR) is 52.6 cm³/mol. The van der Waals surface area contributed by atoms with E-state index < -0.39 is 37.6 Å². The molecule has 0 amide bonds. The summed E-state index contributed by atoms with van der Waals surface area (Å²) in [5.41, 5.74) is 0.123. The van der Waals surface area contributed by atoms with Crippen molar-refractivity contribution >= 4 is 18.3 Å². The maximum absolute atomic E-state index is 11.0. The van der Waals surface area contributed by atoms with Crippen LogP contribution in [0.2, 0.25) is 0 Å². The first-order valence-electron chi connectivity index (χ1n) is 4.41. The van der Waals surface area contributed by atoms with Crippen LogP contribution in [0.15, 0.2) is 12.2 Å². The van der Waals surface area contributed by atoms with Gasteiger partial charge in [-0.3, -0.25) is 0 Å². The number of carbonyl (C=O) groups excluding carboxylic acids is 1. The number of rotatable bonds is 6. The predicted octanol–water partition coefficient (Wildman–Crippen LogP) is 0.864. The van der Waals surface area contributed by atoms with Gasteiger partial charge in [0.15, 0.2) is 6.10 Å². The van der Waals surface area contributed by atoms with Crippen LogP contribution in [0.3, 0.4) is 0 Å². The van der Waals surface area contributed by atoms with E-state index in [1.807, 2.05) is 0 Å². The first-order chi connectivity index (χ1) is 7.82.